The maximum Gasteiger partial charge on any atom is 0.197 e. The number of hydrogen-bond acceptors (Lipinski definition) is 3. The summed E-state index contributed by atoms with van der Waals surface area (Å²) in [5.74, 6) is 0.724. The van der Waals surface area contributed by atoms with Crippen molar-refractivity contribution in [3.05, 3.63) is 23.5 Å². The van der Waals surface area contributed by atoms with Gasteiger partial charge in [-0.25, -0.2) is 4.39 Å². The lowest BCUT2D eigenvalue weighted by atomic mass is 9.90. The molecule has 1 fully saturated rings. The number of piperidine rings is 1. The summed E-state index contributed by atoms with van der Waals surface area (Å²) < 4.78 is 24.0. The topological polar surface area (TPSA) is 30.5 Å². The molecule has 1 unspecified atom stereocenters. The molecule has 1 aromatic carbocycles. The highest BCUT2D eigenvalue weighted by Gasteiger charge is 2.23. The summed E-state index contributed by atoms with van der Waals surface area (Å²) in [7, 11) is 3.01. The molecule has 3 nitrogen and oxygen atoms in total. The van der Waals surface area contributed by atoms with Gasteiger partial charge in [-0.15, -0.1) is 0 Å². The molecule has 0 spiro atoms. The Bertz CT molecular complexity index is 389. The van der Waals surface area contributed by atoms with Crippen LogP contribution < -0.4 is 14.8 Å². The van der Waals surface area contributed by atoms with E-state index in [2.05, 4.69) is 5.32 Å². The molecule has 0 aromatic heterocycles. The first kappa shape index (κ1) is 12.2. The quantitative estimate of drug-likeness (QED) is 0.878. The summed E-state index contributed by atoms with van der Waals surface area (Å²) in [5.41, 5.74) is 1.03. The van der Waals surface area contributed by atoms with Crippen LogP contribution in [0.15, 0.2) is 12.1 Å². The molecule has 0 radical (unpaired) electrons. The van der Waals surface area contributed by atoms with E-state index < -0.39 is 0 Å². The summed E-state index contributed by atoms with van der Waals surface area (Å²) in [5, 5.41) is 3.35. The fourth-order valence-corrected chi connectivity index (χ4v) is 2.39. The van der Waals surface area contributed by atoms with Gasteiger partial charge in [0.15, 0.2) is 17.3 Å². The van der Waals surface area contributed by atoms with Crippen molar-refractivity contribution in [2.24, 2.45) is 0 Å². The van der Waals surface area contributed by atoms with Crippen molar-refractivity contribution in [1.29, 1.82) is 0 Å². The van der Waals surface area contributed by atoms with Crippen LogP contribution in [0.5, 0.6) is 11.5 Å². The van der Waals surface area contributed by atoms with Gasteiger partial charge in [0, 0.05) is 18.0 Å². The fourth-order valence-electron chi connectivity index (χ4n) is 2.39. The molecule has 1 aromatic rings. The second-order valence-electron chi connectivity index (χ2n) is 4.25. The Morgan fingerprint density at radius 2 is 2.00 bits per heavy atom. The van der Waals surface area contributed by atoms with Crippen molar-refractivity contribution in [1.82, 2.24) is 5.32 Å². The van der Waals surface area contributed by atoms with Crippen LogP contribution in [0.4, 0.5) is 4.39 Å². The van der Waals surface area contributed by atoms with Crippen LogP contribution in [-0.4, -0.2) is 27.3 Å². The highest BCUT2D eigenvalue weighted by atomic mass is 19.1. The zero-order valence-corrected chi connectivity index (χ0v) is 10.3. The average Bonchev–Trinajstić information content (AvgIpc) is 2.39. The molecule has 0 saturated carbocycles. The van der Waals surface area contributed by atoms with E-state index in [-0.39, 0.29) is 11.6 Å². The Kier molecular flexibility index (Phi) is 3.84. The number of hydrogen-bond donors (Lipinski definition) is 1. The van der Waals surface area contributed by atoms with E-state index in [1.54, 1.807) is 13.2 Å². The monoisotopic (exact) mass is 239 g/mol. The first-order chi connectivity index (χ1) is 8.27. The van der Waals surface area contributed by atoms with Crippen LogP contribution >= 0.6 is 0 Å². The number of nitrogens with one attached hydrogen (secondary N) is 1. The largest absolute Gasteiger partial charge is 0.492 e. The minimum absolute atomic E-state index is 0.204. The van der Waals surface area contributed by atoms with Crippen LogP contribution in [0.1, 0.15) is 24.3 Å². The lowest BCUT2D eigenvalue weighted by Crippen LogP contribution is -2.28. The lowest BCUT2D eigenvalue weighted by molar-refractivity contribution is 0.329. The van der Waals surface area contributed by atoms with Crippen molar-refractivity contribution in [3.63, 3.8) is 0 Å². The molecule has 0 amide bonds. The van der Waals surface area contributed by atoms with E-state index in [1.807, 2.05) is 0 Å². The summed E-state index contributed by atoms with van der Waals surface area (Å²) >= 11 is 0. The SMILES string of the molecule is COc1c(F)ccc(C2CCCNC2)c1OC. The number of halogens is 1. The van der Waals surface area contributed by atoms with Crippen molar-refractivity contribution in [3.8, 4) is 11.5 Å². The second-order valence-corrected chi connectivity index (χ2v) is 4.25. The van der Waals surface area contributed by atoms with Gasteiger partial charge >= 0.3 is 0 Å². The van der Waals surface area contributed by atoms with E-state index in [0.717, 1.165) is 31.5 Å². The summed E-state index contributed by atoms with van der Waals surface area (Å²) in [6.07, 6.45) is 2.23. The van der Waals surface area contributed by atoms with E-state index in [0.29, 0.717) is 11.7 Å². The number of ether oxygens (including phenoxy) is 2. The summed E-state index contributed by atoms with van der Waals surface area (Å²) in [4.78, 5) is 0. The van der Waals surface area contributed by atoms with Gasteiger partial charge in [0.1, 0.15) is 0 Å². The number of rotatable bonds is 3. The molecule has 1 atom stereocenters. The van der Waals surface area contributed by atoms with Crippen LogP contribution in [0.3, 0.4) is 0 Å². The number of methoxy groups -OCH3 is 2. The van der Waals surface area contributed by atoms with Crippen LogP contribution in [0.25, 0.3) is 0 Å². The molecule has 0 bridgehead atoms. The van der Waals surface area contributed by atoms with E-state index >= 15 is 0 Å². The molecule has 1 N–H and O–H groups in total. The predicted molar refractivity (Wildman–Crippen MR) is 64.3 cm³/mol. The summed E-state index contributed by atoms with van der Waals surface area (Å²) in [6, 6.07) is 3.25. The molecular weight excluding hydrogens is 221 g/mol. The third-order valence-corrected chi connectivity index (χ3v) is 3.24. The van der Waals surface area contributed by atoms with Gasteiger partial charge in [-0.05, 0) is 25.5 Å². The van der Waals surface area contributed by atoms with Gasteiger partial charge in [0.2, 0.25) is 0 Å². The van der Waals surface area contributed by atoms with Crippen molar-refractivity contribution in [2.45, 2.75) is 18.8 Å². The molecular formula is C13H18FNO2. The molecule has 17 heavy (non-hydrogen) atoms. The smallest absolute Gasteiger partial charge is 0.197 e. The van der Waals surface area contributed by atoms with Crippen molar-refractivity contribution in [2.75, 3.05) is 27.3 Å². The average molecular weight is 239 g/mol. The predicted octanol–water partition coefficient (Wildman–Crippen LogP) is 2.31. The molecule has 0 aliphatic carbocycles. The van der Waals surface area contributed by atoms with E-state index in [1.165, 1.54) is 13.2 Å². The van der Waals surface area contributed by atoms with Crippen LogP contribution in [-0.2, 0) is 0 Å². The lowest BCUT2D eigenvalue weighted by Gasteiger charge is -2.25. The molecule has 1 heterocycles. The Morgan fingerprint density at radius 1 is 1.24 bits per heavy atom. The van der Waals surface area contributed by atoms with Crippen molar-refractivity contribution >= 4 is 0 Å². The van der Waals surface area contributed by atoms with E-state index in [4.69, 9.17) is 9.47 Å². The van der Waals surface area contributed by atoms with Crippen LogP contribution in [0.2, 0.25) is 0 Å². The van der Waals surface area contributed by atoms with Crippen LogP contribution in [0, 0.1) is 5.82 Å². The van der Waals surface area contributed by atoms with Gasteiger partial charge in [-0.2, -0.15) is 0 Å². The Hall–Kier alpha value is -1.29. The first-order valence-electron chi connectivity index (χ1n) is 5.89. The Balaban J connectivity index is 2.38. The second kappa shape index (κ2) is 5.36. The maximum atomic E-state index is 13.6. The first-order valence-corrected chi connectivity index (χ1v) is 5.89. The minimum Gasteiger partial charge on any atom is -0.492 e. The maximum absolute atomic E-state index is 13.6. The van der Waals surface area contributed by atoms with Gasteiger partial charge in [-0.1, -0.05) is 6.07 Å². The van der Waals surface area contributed by atoms with Gasteiger partial charge in [0.25, 0.3) is 0 Å². The molecule has 1 aliphatic rings. The molecule has 1 aliphatic heterocycles. The zero-order chi connectivity index (χ0) is 12.3. The third kappa shape index (κ3) is 2.36. The highest BCUT2D eigenvalue weighted by Crippen LogP contribution is 2.39. The van der Waals surface area contributed by atoms with Gasteiger partial charge < -0.3 is 14.8 Å². The highest BCUT2D eigenvalue weighted by molar-refractivity contribution is 5.49. The van der Waals surface area contributed by atoms with Gasteiger partial charge in [0.05, 0.1) is 14.2 Å². The Labute approximate surface area is 101 Å². The Morgan fingerprint density at radius 3 is 2.59 bits per heavy atom. The summed E-state index contributed by atoms with van der Waals surface area (Å²) in [6.45, 7) is 1.96. The van der Waals surface area contributed by atoms with E-state index in [9.17, 15) is 4.39 Å². The molecule has 2 rings (SSSR count). The third-order valence-electron chi connectivity index (χ3n) is 3.24. The fraction of sp³-hybridized carbons (Fsp3) is 0.538. The zero-order valence-electron chi connectivity index (χ0n) is 10.3. The number of benzene rings is 1. The normalized spacial score (nSPS) is 20.1. The van der Waals surface area contributed by atoms with Crippen molar-refractivity contribution < 1.29 is 13.9 Å². The molecule has 4 heteroatoms. The standard InChI is InChI=1S/C13H18FNO2/c1-16-12-10(9-4-3-7-15-8-9)5-6-11(14)13(12)17-2/h5-6,9,15H,3-4,7-8H2,1-2H3. The molecule has 1 saturated heterocycles. The minimum atomic E-state index is -0.378. The van der Waals surface area contributed by atoms with Gasteiger partial charge in [-0.3, -0.25) is 0 Å². The molecule has 94 valence electrons.